The smallest absolute Gasteiger partial charge is 0.343 e. The molecule has 5 rings (SSSR count). The number of aromatic nitrogens is 4. The maximum absolute atomic E-state index is 15.1. The lowest BCUT2D eigenvalue weighted by atomic mass is 9.95. The van der Waals surface area contributed by atoms with Crippen LogP contribution in [0, 0.1) is 5.82 Å². The number of esters is 1. The second-order valence-electron chi connectivity index (χ2n) is 7.77. The molecule has 170 valence electrons. The summed E-state index contributed by atoms with van der Waals surface area (Å²) in [5, 5.41) is 29.7. The van der Waals surface area contributed by atoms with E-state index in [-0.39, 0.29) is 29.6 Å². The third-order valence-electron chi connectivity index (χ3n) is 5.85. The van der Waals surface area contributed by atoms with E-state index in [0.29, 0.717) is 40.9 Å². The molecule has 1 aliphatic carbocycles. The first-order chi connectivity index (χ1) is 16.0. The number of nitrogens with zero attached hydrogens (tertiary/aromatic N) is 4. The van der Waals surface area contributed by atoms with Crippen LogP contribution in [0.3, 0.4) is 0 Å². The molecule has 0 atom stereocenters. The largest absolute Gasteiger partial charge is 0.494 e. The normalized spacial score (nSPS) is 13.2. The van der Waals surface area contributed by atoms with Gasteiger partial charge in [0.15, 0.2) is 6.61 Å². The average molecular weight is 452 g/mol. The van der Waals surface area contributed by atoms with Crippen molar-refractivity contribution in [1.82, 2.24) is 19.6 Å². The van der Waals surface area contributed by atoms with Crippen molar-refractivity contribution in [2.24, 2.45) is 0 Å². The van der Waals surface area contributed by atoms with Crippen molar-refractivity contribution >= 4 is 17.0 Å². The van der Waals surface area contributed by atoms with Crippen LogP contribution in [0.2, 0.25) is 0 Å². The maximum atomic E-state index is 15.1. The highest BCUT2D eigenvalue weighted by Gasteiger charge is 2.27. The van der Waals surface area contributed by atoms with Crippen molar-refractivity contribution in [3.63, 3.8) is 0 Å². The Balaban J connectivity index is 1.64. The Morgan fingerprint density at radius 1 is 1.09 bits per heavy atom. The van der Waals surface area contributed by atoms with Gasteiger partial charge in [0.1, 0.15) is 22.8 Å². The van der Waals surface area contributed by atoms with E-state index in [9.17, 15) is 15.0 Å². The van der Waals surface area contributed by atoms with E-state index in [0.717, 1.165) is 17.4 Å². The number of para-hydroxylation sites is 2. The highest BCUT2D eigenvalue weighted by atomic mass is 19.1. The molecule has 4 aromatic rings. The number of benzene rings is 2. The maximum Gasteiger partial charge on any atom is 0.343 e. The molecule has 1 aliphatic rings. The zero-order chi connectivity index (χ0) is 23.1. The number of methoxy groups -OCH3 is 1. The third kappa shape index (κ3) is 3.43. The fourth-order valence-corrected chi connectivity index (χ4v) is 4.23. The molecule has 0 amide bonds. The summed E-state index contributed by atoms with van der Waals surface area (Å²) in [6.45, 7) is -0.295. The first-order valence-corrected chi connectivity index (χ1v) is 10.5. The minimum Gasteiger partial charge on any atom is -0.494 e. The van der Waals surface area contributed by atoms with Gasteiger partial charge in [-0.2, -0.15) is 0 Å². The number of halogens is 1. The van der Waals surface area contributed by atoms with Gasteiger partial charge in [0, 0.05) is 17.2 Å². The molecule has 0 fully saturated rings. The highest BCUT2D eigenvalue weighted by Crippen LogP contribution is 2.42. The van der Waals surface area contributed by atoms with E-state index >= 15 is 4.39 Å². The zero-order valence-electron chi connectivity index (χ0n) is 17.8. The number of rotatable bonds is 5. The van der Waals surface area contributed by atoms with Crippen LogP contribution in [0.4, 0.5) is 4.39 Å². The van der Waals surface area contributed by atoms with Crippen LogP contribution in [-0.4, -0.2) is 49.5 Å². The van der Waals surface area contributed by atoms with E-state index in [1.54, 1.807) is 24.3 Å². The summed E-state index contributed by atoms with van der Waals surface area (Å²) in [6.07, 6.45) is 3.03. The summed E-state index contributed by atoms with van der Waals surface area (Å²) >= 11 is 0. The lowest BCUT2D eigenvalue weighted by molar-refractivity contribution is -0.142. The van der Waals surface area contributed by atoms with Gasteiger partial charge >= 0.3 is 5.97 Å². The molecule has 2 aromatic carbocycles. The average Bonchev–Trinajstić information content (AvgIpc) is 3.35. The number of hydrogen-bond donors (Lipinski definition) is 2. The molecule has 0 saturated heterocycles. The predicted molar refractivity (Wildman–Crippen MR) is 116 cm³/mol. The van der Waals surface area contributed by atoms with Crippen molar-refractivity contribution in [3.05, 3.63) is 53.3 Å². The van der Waals surface area contributed by atoms with Gasteiger partial charge in [0.05, 0.1) is 18.3 Å². The van der Waals surface area contributed by atoms with Gasteiger partial charge in [0.25, 0.3) is 0 Å². The first kappa shape index (κ1) is 20.8. The predicted octanol–water partition coefficient (Wildman–Crippen LogP) is 3.19. The summed E-state index contributed by atoms with van der Waals surface area (Å²) in [5.74, 6) is -1.19. The Bertz CT molecular complexity index is 1350. The SMILES string of the molecule is COC(=O)COc1ccccc1-n1nnc2cc(F)c(-n3c(O)c4c(c3O)CCCC4)cc21. The Labute approximate surface area is 187 Å². The standard InChI is InChI=1S/C23H21FN4O5/c1-32-21(29)12-33-20-9-5-4-8-17(20)28-19-11-18(15(24)10-16(19)25-26-28)27-22(30)13-6-2-3-7-14(13)23(27)31/h4-5,8-11,30-31H,2-3,6-7,12H2,1H3. The molecule has 0 bridgehead atoms. The van der Waals surface area contributed by atoms with E-state index < -0.39 is 11.8 Å². The monoisotopic (exact) mass is 452 g/mol. The molecule has 33 heavy (non-hydrogen) atoms. The van der Waals surface area contributed by atoms with Gasteiger partial charge in [-0.1, -0.05) is 17.3 Å². The highest BCUT2D eigenvalue weighted by molar-refractivity contribution is 5.80. The zero-order valence-corrected chi connectivity index (χ0v) is 17.8. The van der Waals surface area contributed by atoms with E-state index in [1.807, 2.05) is 0 Å². The van der Waals surface area contributed by atoms with Gasteiger partial charge in [-0.25, -0.2) is 18.4 Å². The van der Waals surface area contributed by atoms with Crippen molar-refractivity contribution in [3.8, 4) is 28.9 Å². The van der Waals surface area contributed by atoms with Gasteiger partial charge in [-0.05, 0) is 43.9 Å². The van der Waals surface area contributed by atoms with Crippen LogP contribution in [0.5, 0.6) is 17.5 Å². The number of aromatic hydroxyl groups is 2. The van der Waals surface area contributed by atoms with Crippen molar-refractivity contribution in [1.29, 1.82) is 0 Å². The number of ether oxygens (including phenoxy) is 2. The topological polar surface area (TPSA) is 112 Å². The molecule has 0 saturated carbocycles. The van der Waals surface area contributed by atoms with Crippen molar-refractivity contribution < 1.29 is 28.9 Å². The minimum atomic E-state index is -0.664. The van der Waals surface area contributed by atoms with Crippen LogP contribution < -0.4 is 4.74 Å². The van der Waals surface area contributed by atoms with Crippen LogP contribution in [0.1, 0.15) is 24.0 Å². The molecular formula is C23H21FN4O5. The number of carbonyl (C=O) groups excluding carboxylic acids is 1. The molecule has 0 unspecified atom stereocenters. The minimum absolute atomic E-state index is 0.0246. The fraction of sp³-hybridized carbons (Fsp3) is 0.261. The van der Waals surface area contributed by atoms with E-state index in [4.69, 9.17) is 4.74 Å². The molecule has 0 spiro atoms. The molecule has 2 N–H and O–H groups in total. The van der Waals surface area contributed by atoms with E-state index in [1.165, 1.54) is 23.9 Å². The van der Waals surface area contributed by atoms with Crippen LogP contribution in [0.15, 0.2) is 36.4 Å². The lowest BCUT2D eigenvalue weighted by Crippen LogP contribution is -2.13. The fourth-order valence-electron chi connectivity index (χ4n) is 4.23. The van der Waals surface area contributed by atoms with Gasteiger partial charge < -0.3 is 19.7 Å². The van der Waals surface area contributed by atoms with Gasteiger partial charge in [0.2, 0.25) is 11.8 Å². The number of fused-ring (bicyclic) bond motifs is 2. The molecule has 0 aliphatic heterocycles. The van der Waals surface area contributed by atoms with E-state index in [2.05, 4.69) is 15.0 Å². The summed E-state index contributed by atoms with van der Waals surface area (Å²) < 4.78 is 27.8. The van der Waals surface area contributed by atoms with Crippen molar-refractivity contribution in [2.45, 2.75) is 25.7 Å². The number of carbonyl (C=O) groups is 1. The summed E-state index contributed by atoms with van der Waals surface area (Å²) in [7, 11) is 1.27. The second-order valence-corrected chi connectivity index (χ2v) is 7.77. The Hall–Kier alpha value is -4.08. The molecule has 10 heteroatoms. The van der Waals surface area contributed by atoms with Gasteiger partial charge in [-0.3, -0.25) is 0 Å². The summed E-state index contributed by atoms with van der Waals surface area (Å²) in [4.78, 5) is 11.5. The lowest BCUT2D eigenvalue weighted by Gasteiger charge is -2.12. The Morgan fingerprint density at radius 2 is 1.79 bits per heavy atom. The molecule has 2 aromatic heterocycles. The van der Waals surface area contributed by atoms with Gasteiger partial charge in [-0.15, -0.1) is 5.10 Å². The Kier molecular flexibility index (Phi) is 5.12. The third-order valence-corrected chi connectivity index (χ3v) is 5.85. The molecule has 9 nitrogen and oxygen atoms in total. The first-order valence-electron chi connectivity index (χ1n) is 10.5. The molecule has 2 heterocycles. The Morgan fingerprint density at radius 3 is 2.48 bits per heavy atom. The second kappa shape index (κ2) is 8.12. The molecule has 0 radical (unpaired) electrons. The summed E-state index contributed by atoms with van der Waals surface area (Å²) in [6, 6.07) is 9.54. The van der Waals surface area contributed by atoms with Crippen LogP contribution >= 0.6 is 0 Å². The summed E-state index contributed by atoms with van der Waals surface area (Å²) in [5.41, 5.74) is 2.43. The molecular weight excluding hydrogens is 431 g/mol. The van der Waals surface area contributed by atoms with Crippen LogP contribution in [0.25, 0.3) is 22.4 Å². The quantitative estimate of drug-likeness (QED) is 0.447. The van der Waals surface area contributed by atoms with Crippen molar-refractivity contribution in [2.75, 3.05) is 13.7 Å². The number of hydrogen-bond acceptors (Lipinski definition) is 7. The van der Waals surface area contributed by atoms with Crippen LogP contribution in [-0.2, 0) is 22.4 Å².